The highest BCUT2D eigenvalue weighted by atomic mass is 35.5. The Labute approximate surface area is 192 Å². The maximum atomic E-state index is 12.8. The van der Waals surface area contributed by atoms with Gasteiger partial charge in [0.05, 0.1) is 28.2 Å². The molecule has 1 fully saturated rings. The van der Waals surface area contributed by atoms with Crippen LogP contribution in [0, 0.1) is 13.8 Å². The van der Waals surface area contributed by atoms with E-state index < -0.39 is 0 Å². The summed E-state index contributed by atoms with van der Waals surface area (Å²) in [4.78, 5) is 33.0. The van der Waals surface area contributed by atoms with Crippen LogP contribution in [-0.2, 0) is 11.3 Å². The summed E-state index contributed by atoms with van der Waals surface area (Å²) < 4.78 is 1.84. The lowest BCUT2D eigenvalue weighted by Crippen LogP contribution is -2.48. The molecule has 3 aromatic rings. The first-order valence-corrected chi connectivity index (χ1v) is 11.1. The summed E-state index contributed by atoms with van der Waals surface area (Å²) in [5, 5.41) is 8.55. The van der Waals surface area contributed by atoms with E-state index in [1.165, 1.54) is 6.20 Å². The highest BCUT2D eigenvalue weighted by Crippen LogP contribution is 2.29. The molecule has 32 heavy (non-hydrogen) atoms. The number of nitrogens with one attached hydrogen (secondary N) is 1. The SMILES string of the molecule is CC(=O)N1CCN(CCn2nc(C)c3c(Cl)c(C(=O)Nc4ccc(C)cc4)cnc32)CC1. The standard InChI is InChI=1S/C23H27ClN6O2/c1-15-4-6-18(7-5-15)26-23(32)19-14-25-22-20(21(19)24)16(2)27-30(22)13-10-28-8-11-29(12-9-28)17(3)31/h4-7,14H,8-13H2,1-3H3,(H,26,32). The fraction of sp³-hybridized carbons (Fsp3) is 0.391. The lowest BCUT2D eigenvalue weighted by molar-refractivity contribution is -0.130. The van der Waals surface area contributed by atoms with Gasteiger partial charge >= 0.3 is 0 Å². The van der Waals surface area contributed by atoms with Gasteiger partial charge in [-0.1, -0.05) is 29.3 Å². The topological polar surface area (TPSA) is 83.4 Å². The number of anilines is 1. The molecule has 9 heteroatoms. The Morgan fingerprint density at radius 2 is 1.75 bits per heavy atom. The smallest absolute Gasteiger partial charge is 0.258 e. The Bertz CT molecular complexity index is 1150. The third kappa shape index (κ3) is 4.61. The normalized spacial score (nSPS) is 14.7. The van der Waals surface area contributed by atoms with Crippen LogP contribution in [0.25, 0.3) is 11.0 Å². The zero-order valence-electron chi connectivity index (χ0n) is 18.6. The third-order valence-electron chi connectivity index (χ3n) is 5.87. The van der Waals surface area contributed by atoms with Crippen LogP contribution < -0.4 is 5.32 Å². The van der Waals surface area contributed by atoms with E-state index in [-0.39, 0.29) is 11.8 Å². The molecule has 0 saturated carbocycles. The number of fused-ring (bicyclic) bond motifs is 1. The second-order valence-electron chi connectivity index (χ2n) is 8.16. The van der Waals surface area contributed by atoms with Gasteiger partial charge in [-0.05, 0) is 26.0 Å². The van der Waals surface area contributed by atoms with Crippen LogP contribution in [0.3, 0.4) is 0 Å². The Hall–Kier alpha value is -2.97. The molecule has 1 N–H and O–H groups in total. The predicted molar refractivity (Wildman–Crippen MR) is 125 cm³/mol. The van der Waals surface area contributed by atoms with Crippen LogP contribution in [-0.4, -0.2) is 69.1 Å². The molecule has 1 aromatic carbocycles. The molecule has 0 atom stereocenters. The lowest BCUT2D eigenvalue weighted by Gasteiger charge is -2.34. The molecule has 4 rings (SSSR count). The van der Waals surface area contributed by atoms with Crippen molar-refractivity contribution in [2.24, 2.45) is 0 Å². The first-order valence-electron chi connectivity index (χ1n) is 10.7. The zero-order valence-corrected chi connectivity index (χ0v) is 19.3. The quantitative estimate of drug-likeness (QED) is 0.640. The number of hydrogen-bond donors (Lipinski definition) is 1. The van der Waals surface area contributed by atoms with Crippen molar-refractivity contribution in [2.45, 2.75) is 27.3 Å². The van der Waals surface area contributed by atoms with E-state index in [4.69, 9.17) is 11.6 Å². The van der Waals surface area contributed by atoms with E-state index in [1.807, 2.05) is 47.7 Å². The van der Waals surface area contributed by atoms with Gasteiger partial charge in [0, 0.05) is 51.5 Å². The number of aryl methyl sites for hydroxylation is 2. The average Bonchev–Trinajstić information content (AvgIpc) is 3.10. The minimum Gasteiger partial charge on any atom is -0.340 e. The van der Waals surface area contributed by atoms with E-state index in [0.717, 1.165) is 44.0 Å². The average molecular weight is 455 g/mol. The molecule has 1 aliphatic heterocycles. The van der Waals surface area contributed by atoms with Gasteiger partial charge in [-0.2, -0.15) is 5.10 Å². The zero-order chi connectivity index (χ0) is 22.8. The molecule has 0 aliphatic carbocycles. The van der Waals surface area contributed by atoms with E-state index in [2.05, 4.69) is 20.3 Å². The molecule has 0 unspecified atom stereocenters. The number of aromatic nitrogens is 3. The Morgan fingerprint density at radius 3 is 2.41 bits per heavy atom. The van der Waals surface area contributed by atoms with Crippen molar-refractivity contribution in [1.29, 1.82) is 0 Å². The Morgan fingerprint density at radius 1 is 1.06 bits per heavy atom. The Kier molecular flexibility index (Phi) is 6.43. The van der Waals surface area contributed by atoms with Crippen molar-refractivity contribution in [3.8, 4) is 0 Å². The molecule has 1 saturated heterocycles. The van der Waals surface area contributed by atoms with Gasteiger partial charge in [-0.3, -0.25) is 14.5 Å². The number of carbonyl (C=O) groups is 2. The molecule has 8 nitrogen and oxygen atoms in total. The number of pyridine rings is 1. The molecule has 3 heterocycles. The number of halogens is 1. The van der Waals surface area contributed by atoms with Crippen LogP contribution in [0.4, 0.5) is 5.69 Å². The van der Waals surface area contributed by atoms with Crippen molar-refractivity contribution in [3.63, 3.8) is 0 Å². The van der Waals surface area contributed by atoms with Crippen molar-refractivity contribution in [1.82, 2.24) is 24.6 Å². The molecule has 2 amide bonds. The second kappa shape index (κ2) is 9.26. The first-order chi connectivity index (χ1) is 15.3. The summed E-state index contributed by atoms with van der Waals surface area (Å²) >= 11 is 6.64. The summed E-state index contributed by atoms with van der Waals surface area (Å²) in [6.07, 6.45) is 1.51. The van der Waals surface area contributed by atoms with Gasteiger partial charge in [0.25, 0.3) is 5.91 Å². The predicted octanol–water partition coefficient (Wildman–Crippen LogP) is 3.12. The number of rotatable bonds is 5. The van der Waals surface area contributed by atoms with Gasteiger partial charge < -0.3 is 10.2 Å². The maximum Gasteiger partial charge on any atom is 0.258 e. The molecule has 168 valence electrons. The van der Waals surface area contributed by atoms with E-state index in [0.29, 0.717) is 33.9 Å². The number of benzene rings is 1. The van der Waals surface area contributed by atoms with E-state index in [1.54, 1.807) is 6.92 Å². The molecule has 0 radical (unpaired) electrons. The van der Waals surface area contributed by atoms with Crippen LogP contribution in [0.15, 0.2) is 30.5 Å². The van der Waals surface area contributed by atoms with Gasteiger partial charge in [0.1, 0.15) is 0 Å². The van der Waals surface area contributed by atoms with Crippen LogP contribution in [0.1, 0.15) is 28.5 Å². The van der Waals surface area contributed by atoms with Gasteiger partial charge in [0.15, 0.2) is 5.65 Å². The number of nitrogens with zero attached hydrogens (tertiary/aromatic N) is 5. The highest BCUT2D eigenvalue weighted by molar-refractivity contribution is 6.39. The maximum absolute atomic E-state index is 12.8. The third-order valence-corrected chi connectivity index (χ3v) is 6.26. The molecule has 2 aromatic heterocycles. The number of amides is 2. The van der Waals surface area contributed by atoms with E-state index in [9.17, 15) is 9.59 Å². The van der Waals surface area contributed by atoms with Crippen molar-refractivity contribution in [3.05, 3.63) is 52.3 Å². The lowest BCUT2D eigenvalue weighted by atomic mass is 10.2. The van der Waals surface area contributed by atoms with E-state index >= 15 is 0 Å². The molecular weight excluding hydrogens is 428 g/mol. The van der Waals surface area contributed by atoms with Crippen molar-refractivity contribution < 1.29 is 9.59 Å². The summed E-state index contributed by atoms with van der Waals surface area (Å²) in [7, 11) is 0. The summed E-state index contributed by atoms with van der Waals surface area (Å²) in [5.41, 5.74) is 3.55. The van der Waals surface area contributed by atoms with Gasteiger partial charge in [-0.25, -0.2) is 9.67 Å². The molecule has 0 bridgehead atoms. The molecular formula is C23H27ClN6O2. The highest BCUT2D eigenvalue weighted by Gasteiger charge is 2.21. The fourth-order valence-corrected chi connectivity index (χ4v) is 4.30. The first kappa shape index (κ1) is 22.2. The van der Waals surface area contributed by atoms with Crippen molar-refractivity contribution >= 4 is 40.1 Å². The van der Waals surface area contributed by atoms with Crippen LogP contribution >= 0.6 is 11.6 Å². The minimum absolute atomic E-state index is 0.124. The van der Waals surface area contributed by atoms with Crippen molar-refractivity contribution in [2.75, 3.05) is 38.0 Å². The molecule has 1 aliphatic rings. The van der Waals surface area contributed by atoms with Gasteiger partial charge in [0.2, 0.25) is 5.91 Å². The summed E-state index contributed by atoms with van der Waals surface area (Å²) in [6, 6.07) is 7.58. The minimum atomic E-state index is -0.302. The Balaban J connectivity index is 1.48. The monoisotopic (exact) mass is 454 g/mol. The van der Waals surface area contributed by atoms with Crippen LogP contribution in [0.5, 0.6) is 0 Å². The summed E-state index contributed by atoms with van der Waals surface area (Å²) in [5.74, 6) is -0.178. The van der Waals surface area contributed by atoms with Gasteiger partial charge in [-0.15, -0.1) is 0 Å². The summed E-state index contributed by atoms with van der Waals surface area (Å²) in [6.45, 7) is 10.1. The molecule has 0 spiro atoms. The fourth-order valence-electron chi connectivity index (χ4n) is 3.95. The largest absolute Gasteiger partial charge is 0.340 e. The number of hydrogen-bond acceptors (Lipinski definition) is 5. The van der Waals surface area contributed by atoms with Crippen LogP contribution in [0.2, 0.25) is 5.02 Å². The number of carbonyl (C=O) groups excluding carboxylic acids is 2. The second-order valence-corrected chi connectivity index (χ2v) is 8.54. The number of piperazine rings is 1.